The molecule has 0 unspecified atom stereocenters. The number of hydrogen-bond acceptors (Lipinski definition) is 14. The van der Waals surface area contributed by atoms with E-state index in [4.69, 9.17) is 66.0 Å². The van der Waals surface area contributed by atoms with E-state index in [-0.39, 0.29) is 38.5 Å². The Morgan fingerprint density at radius 3 is 1.56 bits per heavy atom. The Morgan fingerprint density at radius 2 is 1.14 bits per heavy atom. The number of amides is 2. The topological polar surface area (TPSA) is 183 Å². The molecule has 6 rings (SSSR count). The zero-order valence-electron chi connectivity index (χ0n) is 31.2. The fourth-order valence-corrected chi connectivity index (χ4v) is 6.90. The molecule has 2 aromatic carbocycles. The molecule has 0 radical (unpaired) electrons. The van der Waals surface area contributed by atoms with Gasteiger partial charge in [-0.1, -0.05) is 59.6 Å². The molecule has 57 heavy (non-hydrogen) atoms. The quantitative estimate of drug-likeness (QED) is 0.117. The summed E-state index contributed by atoms with van der Waals surface area (Å²) in [4.78, 5) is 47.1. The van der Waals surface area contributed by atoms with Crippen LogP contribution in [0.1, 0.15) is 76.3 Å². The van der Waals surface area contributed by atoms with Crippen molar-refractivity contribution < 1.29 is 48.0 Å². The normalized spacial score (nSPS) is 21.0. The second kappa shape index (κ2) is 20.2. The van der Waals surface area contributed by atoms with Crippen LogP contribution >= 0.6 is 59.2 Å². The maximum atomic E-state index is 12.8. The molecule has 2 aliphatic heterocycles. The third-order valence-corrected chi connectivity index (χ3v) is 10.3. The van der Waals surface area contributed by atoms with Crippen LogP contribution in [0.3, 0.4) is 0 Å². The summed E-state index contributed by atoms with van der Waals surface area (Å²) < 4.78 is 26.4. The molecule has 3 N–H and O–H groups in total. The van der Waals surface area contributed by atoms with E-state index in [1.807, 2.05) is 0 Å². The number of carbonyl (C=O) groups is 4. The molecule has 14 nitrogen and oxygen atoms in total. The van der Waals surface area contributed by atoms with Gasteiger partial charge >= 0.3 is 17.2 Å². The average Bonchev–Trinajstić information content (AvgIpc) is 3.58. The molecule has 4 aliphatic rings. The molecule has 0 atom stereocenters. The van der Waals surface area contributed by atoms with E-state index in [9.17, 15) is 24.3 Å². The van der Waals surface area contributed by atoms with Gasteiger partial charge in [-0.05, 0) is 87.3 Å². The van der Waals surface area contributed by atoms with Gasteiger partial charge in [-0.3, -0.25) is 9.59 Å². The van der Waals surface area contributed by atoms with E-state index in [0.29, 0.717) is 78.3 Å². The first-order chi connectivity index (χ1) is 27.1. The lowest BCUT2D eigenvalue weighted by Crippen LogP contribution is -2.39. The third kappa shape index (κ3) is 11.3. The van der Waals surface area contributed by atoms with Crippen molar-refractivity contribution >= 4 is 115 Å². The predicted molar refractivity (Wildman–Crippen MR) is 223 cm³/mol. The third-order valence-electron chi connectivity index (χ3n) is 9.11. The van der Waals surface area contributed by atoms with Gasteiger partial charge in [0.1, 0.15) is 11.1 Å². The number of hydrazone groups is 2. The number of aliphatic hydroxyl groups is 1. The molecule has 2 amide bonds. The van der Waals surface area contributed by atoms with Crippen LogP contribution < -0.4 is 10.9 Å². The zero-order chi connectivity index (χ0) is 41.9. The van der Waals surface area contributed by atoms with E-state index in [1.54, 1.807) is 48.5 Å². The van der Waals surface area contributed by atoms with Crippen molar-refractivity contribution in [3.63, 3.8) is 0 Å². The van der Waals surface area contributed by atoms with Crippen LogP contribution in [-0.4, -0.2) is 75.5 Å². The van der Waals surface area contributed by atoms with Crippen molar-refractivity contribution in [1.29, 1.82) is 0 Å². The number of aliphatic hydroxyl groups excluding tert-OH is 1. The summed E-state index contributed by atoms with van der Waals surface area (Å²) in [5.41, 5.74) is 5.81. The van der Waals surface area contributed by atoms with Crippen LogP contribution in [0.15, 0.2) is 70.3 Å². The summed E-state index contributed by atoms with van der Waals surface area (Å²) in [7, 11) is 2.82. The standard InChI is InChI=1S/C19H19ClN2O5S.C17H17ClN2O4.C2H3ClOS/c1-11(23)21-22-12-7-9-19(10-8-12)16(26-18(28)25-2)15(17(24)27-19)13-5-3-4-6-14(13)20;1-10(21)19-20-11-6-8-17(9-7-11)15(22)14(16(23)24-17)12-4-2-3-5-13(12)18;1-4-2(3)5/h3-6H,7-10H2,1-2H3,(H,21,23);2-5,22H,6-9H2,1H3,(H,19,21);1H3. The van der Waals surface area contributed by atoms with Gasteiger partial charge in [0.05, 0.1) is 14.2 Å². The van der Waals surface area contributed by atoms with Crippen LogP contribution in [0.2, 0.25) is 10.0 Å². The van der Waals surface area contributed by atoms with E-state index in [1.165, 1.54) is 28.1 Å². The Labute approximate surface area is 354 Å². The number of carbonyl (C=O) groups excluding carboxylic acids is 4. The zero-order valence-corrected chi connectivity index (χ0v) is 35.1. The van der Waals surface area contributed by atoms with Gasteiger partial charge in [0.25, 0.3) is 4.51 Å². The van der Waals surface area contributed by atoms with Gasteiger partial charge in [0.15, 0.2) is 22.7 Å². The lowest BCUT2D eigenvalue weighted by Gasteiger charge is -2.34. The number of benzene rings is 2. The van der Waals surface area contributed by atoms with Crippen molar-refractivity contribution in [2.45, 2.75) is 76.4 Å². The minimum atomic E-state index is -1.03. The number of halogens is 3. The fourth-order valence-electron chi connectivity index (χ4n) is 6.36. The molecule has 2 saturated carbocycles. The van der Waals surface area contributed by atoms with E-state index < -0.39 is 23.1 Å². The summed E-state index contributed by atoms with van der Waals surface area (Å²) in [5, 5.41) is 19.5. The van der Waals surface area contributed by atoms with Crippen molar-refractivity contribution in [1.82, 2.24) is 10.9 Å². The average molecular weight is 882 g/mol. The molecular formula is C38H39Cl3N4O10S2. The molecule has 304 valence electrons. The number of esters is 2. The Bertz CT molecular complexity index is 2050. The van der Waals surface area contributed by atoms with Crippen LogP contribution in [0, 0.1) is 0 Å². The summed E-state index contributed by atoms with van der Waals surface area (Å²) in [5.74, 6) is -1.34. The highest BCUT2D eigenvalue weighted by Crippen LogP contribution is 2.48. The van der Waals surface area contributed by atoms with Gasteiger partial charge in [-0.2, -0.15) is 10.2 Å². The smallest absolute Gasteiger partial charge is 0.357 e. The Balaban J connectivity index is 0.000000228. The summed E-state index contributed by atoms with van der Waals surface area (Å²) in [6.45, 7) is 2.78. The van der Waals surface area contributed by atoms with E-state index in [0.717, 1.165) is 11.4 Å². The van der Waals surface area contributed by atoms with E-state index >= 15 is 0 Å². The highest BCUT2D eigenvalue weighted by molar-refractivity contribution is 7.82. The monoisotopic (exact) mass is 880 g/mol. The number of ether oxygens (including phenoxy) is 5. The summed E-state index contributed by atoms with van der Waals surface area (Å²) in [6, 6.07) is 13.8. The number of thiocarbonyl (C=S) groups is 2. The molecule has 2 aliphatic carbocycles. The Hall–Kier alpha value is -4.61. The second-order valence-electron chi connectivity index (χ2n) is 12.8. The van der Waals surface area contributed by atoms with Gasteiger partial charge in [-0.15, -0.1) is 0 Å². The maximum absolute atomic E-state index is 12.8. The lowest BCUT2D eigenvalue weighted by molar-refractivity contribution is -0.149. The number of nitrogens with one attached hydrogen (secondary N) is 2. The van der Waals surface area contributed by atoms with Crippen molar-refractivity contribution in [2.24, 2.45) is 10.2 Å². The van der Waals surface area contributed by atoms with Crippen LogP contribution in [0.5, 0.6) is 0 Å². The summed E-state index contributed by atoms with van der Waals surface area (Å²) in [6.07, 6.45) is 3.79. The molecule has 2 heterocycles. The number of methoxy groups -OCH3 is 2. The molecule has 2 spiro atoms. The SMILES string of the molecule is CC(=O)NN=C1CCC2(CC1)OC(=O)C(c1ccccc1Cl)=C2O.COC(=S)Cl.COC(=S)OC1=C(c2ccccc2Cl)C(=O)OC12CCC(=NNC(C)=O)CC2. The molecule has 0 aromatic heterocycles. The summed E-state index contributed by atoms with van der Waals surface area (Å²) >= 11 is 26.7. The Morgan fingerprint density at radius 1 is 0.737 bits per heavy atom. The minimum Gasteiger partial charge on any atom is -0.507 e. The fraction of sp³-hybridized carbons (Fsp3) is 0.368. The lowest BCUT2D eigenvalue weighted by atomic mass is 9.81. The molecule has 0 bridgehead atoms. The van der Waals surface area contributed by atoms with Crippen molar-refractivity contribution in [2.75, 3.05) is 14.2 Å². The second-order valence-corrected chi connectivity index (χ2v) is 14.9. The molecule has 2 fully saturated rings. The number of rotatable bonds is 5. The maximum Gasteiger partial charge on any atom is 0.357 e. The van der Waals surface area contributed by atoms with Crippen molar-refractivity contribution in [3.8, 4) is 0 Å². The number of hydrogen-bond donors (Lipinski definition) is 3. The molecular weight excluding hydrogens is 843 g/mol. The van der Waals surface area contributed by atoms with Gasteiger partial charge < -0.3 is 28.8 Å². The van der Waals surface area contributed by atoms with E-state index in [2.05, 4.69) is 38.0 Å². The van der Waals surface area contributed by atoms with Gasteiger partial charge in [0.2, 0.25) is 11.8 Å². The Kier molecular flexibility index (Phi) is 16.0. The highest BCUT2D eigenvalue weighted by Gasteiger charge is 2.53. The van der Waals surface area contributed by atoms with Gasteiger partial charge in [-0.25, -0.2) is 20.4 Å². The first kappa shape index (κ1) is 45.1. The first-order valence-electron chi connectivity index (χ1n) is 17.3. The first-order valence-corrected chi connectivity index (χ1v) is 19.3. The van der Waals surface area contributed by atoms with Gasteiger partial charge in [0, 0.05) is 58.7 Å². The molecule has 19 heteroatoms. The van der Waals surface area contributed by atoms with Crippen LogP contribution in [0.25, 0.3) is 11.1 Å². The molecule has 0 saturated heterocycles. The predicted octanol–water partition coefficient (Wildman–Crippen LogP) is 7.49. The van der Waals surface area contributed by atoms with Crippen LogP contribution in [-0.2, 0) is 42.9 Å². The van der Waals surface area contributed by atoms with Crippen molar-refractivity contribution in [3.05, 3.63) is 81.2 Å². The highest BCUT2D eigenvalue weighted by atomic mass is 35.5. The number of nitrogens with zero attached hydrogens (tertiary/aromatic N) is 2. The molecule has 2 aromatic rings. The largest absolute Gasteiger partial charge is 0.507 e. The minimum absolute atomic E-state index is 0.0602. The van der Waals surface area contributed by atoms with Crippen LogP contribution in [0.4, 0.5) is 0 Å².